The number of halogens is 2. The standard InChI is InChI=1S/C33H50ClN5O4.ClH/c1-23-22-37(18-17-30(23)39(32(41)36(2)3)28-7-5-4-6-8-28)31(40)29(21-24-9-11-25(34)12-10-24)35-26-13-15-27(16-14-26)38-19-20-43-33(38)42;/h9-12,23,26-30,35H,4-8,13-22H2,1-3H3;1H/t23?,26-,27-,29-,30?;/m1./s1. The Morgan fingerprint density at radius 1 is 1.00 bits per heavy atom. The third kappa shape index (κ3) is 8.32. The lowest BCUT2D eigenvalue weighted by Gasteiger charge is -2.48. The Hall–Kier alpha value is -2.23. The summed E-state index contributed by atoms with van der Waals surface area (Å²) >= 11 is 6.16. The molecule has 2 heterocycles. The lowest BCUT2D eigenvalue weighted by molar-refractivity contribution is -0.136. The summed E-state index contributed by atoms with van der Waals surface area (Å²) in [7, 11) is 3.69. The maximum absolute atomic E-state index is 14.2. The molecule has 44 heavy (non-hydrogen) atoms. The van der Waals surface area contributed by atoms with Gasteiger partial charge in [-0.1, -0.05) is 49.9 Å². The van der Waals surface area contributed by atoms with E-state index in [4.69, 9.17) is 16.3 Å². The van der Waals surface area contributed by atoms with Gasteiger partial charge in [0.05, 0.1) is 12.6 Å². The Labute approximate surface area is 274 Å². The van der Waals surface area contributed by atoms with Crippen molar-refractivity contribution in [2.45, 2.75) is 108 Å². The minimum Gasteiger partial charge on any atom is -0.448 e. The molecule has 2 aliphatic heterocycles. The number of cyclic esters (lactones) is 1. The van der Waals surface area contributed by atoms with Crippen LogP contribution in [-0.4, -0.2) is 108 Å². The number of piperidine rings is 1. The van der Waals surface area contributed by atoms with E-state index >= 15 is 0 Å². The van der Waals surface area contributed by atoms with E-state index in [0.29, 0.717) is 37.7 Å². The fraction of sp³-hybridized carbons (Fsp3) is 0.727. The molecule has 0 aromatic heterocycles. The first-order valence-electron chi connectivity index (χ1n) is 16.4. The molecule has 246 valence electrons. The van der Waals surface area contributed by atoms with Crippen molar-refractivity contribution in [1.82, 2.24) is 24.9 Å². The number of urea groups is 1. The number of likely N-dealkylation sites (tertiary alicyclic amines) is 1. The van der Waals surface area contributed by atoms with Crippen molar-refractivity contribution in [2.24, 2.45) is 5.92 Å². The smallest absolute Gasteiger partial charge is 0.410 e. The lowest BCUT2D eigenvalue weighted by Crippen LogP contribution is -2.60. The first kappa shape index (κ1) is 34.6. The van der Waals surface area contributed by atoms with Crippen LogP contribution in [0.15, 0.2) is 24.3 Å². The average Bonchev–Trinajstić information content (AvgIpc) is 3.45. The first-order chi connectivity index (χ1) is 20.7. The van der Waals surface area contributed by atoms with Gasteiger partial charge in [0, 0.05) is 56.4 Å². The van der Waals surface area contributed by atoms with Crippen LogP contribution in [0.5, 0.6) is 0 Å². The number of benzene rings is 1. The second-order valence-corrected chi connectivity index (χ2v) is 13.8. The SMILES string of the molecule is CC1CN(C(=O)[C@@H](Cc2ccc(Cl)cc2)N[C@H]2CC[C@H](N3CCOC3=O)CC2)CCC1N(C(=O)N(C)C)C1CCCCC1.Cl. The number of carbonyl (C=O) groups excluding carboxylic acids is 3. The fourth-order valence-electron chi connectivity index (χ4n) is 7.78. The summed E-state index contributed by atoms with van der Waals surface area (Å²) in [5, 5.41) is 4.43. The highest BCUT2D eigenvalue weighted by atomic mass is 35.5. The molecule has 0 bridgehead atoms. The largest absolute Gasteiger partial charge is 0.448 e. The summed E-state index contributed by atoms with van der Waals surface area (Å²) in [6.07, 6.45) is 10.6. The van der Waals surface area contributed by atoms with Crippen LogP contribution in [0.1, 0.15) is 76.7 Å². The van der Waals surface area contributed by atoms with Gasteiger partial charge in [-0.25, -0.2) is 9.59 Å². The maximum atomic E-state index is 14.2. The van der Waals surface area contributed by atoms with Gasteiger partial charge in [0.25, 0.3) is 0 Å². The van der Waals surface area contributed by atoms with Crippen molar-refractivity contribution in [2.75, 3.05) is 40.3 Å². The van der Waals surface area contributed by atoms with Crippen LogP contribution in [0.2, 0.25) is 5.02 Å². The second-order valence-electron chi connectivity index (χ2n) is 13.4. The maximum Gasteiger partial charge on any atom is 0.410 e. The van der Waals surface area contributed by atoms with Crippen LogP contribution in [0.3, 0.4) is 0 Å². The van der Waals surface area contributed by atoms with E-state index < -0.39 is 0 Å². The van der Waals surface area contributed by atoms with E-state index in [2.05, 4.69) is 17.1 Å². The summed E-state index contributed by atoms with van der Waals surface area (Å²) in [6, 6.07) is 8.38. The highest BCUT2D eigenvalue weighted by molar-refractivity contribution is 6.30. The minimum absolute atomic E-state index is 0. The van der Waals surface area contributed by atoms with Gasteiger partial charge in [-0.15, -0.1) is 12.4 Å². The number of hydrogen-bond acceptors (Lipinski definition) is 5. The Kier molecular flexibility index (Phi) is 12.5. The van der Waals surface area contributed by atoms with Crippen LogP contribution in [0, 0.1) is 5.92 Å². The molecule has 2 saturated heterocycles. The number of carbonyl (C=O) groups is 3. The van der Waals surface area contributed by atoms with Crippen molar-refractivity contribution in [3.8, 4) is 0 Å². The molecular weight excluding hydrogens is 601 g/mol. The molecule has 2 aliphatic carbocycles. The molecule has 2 saturated carbocycles. The number of hydrogen-bond donors (Lipinski definition) is 1. The van der Waals surface area contributed by atoms with Gasteiger partial charge < -0.3 is 29.7 Å². The number of ether oxygens (including phenoxy) is 1. The monoisotopic (exact) mass is 651 g/mol. The van der Waals surface area contributed by atoms with E-state index in [1.165, 1.54) is 19.3 Å². The molecule has 3 atom stereocenters. The third-order valence-electron chi connectivity index (χ3n) is 10.1. The molecule has 1 aromatic carbocycles. The first-order valence-corrected chi connectivity index (χ1v) is 16.8. The Morgan fingerprint density at radius 2 is 1.68 bits per heavy atom. The summed E-state index contributed by atoms with van der Waals surface area (Å²) < 4.78 is 5.16. The lowest BCUT2D eigenvalue weighted by atomic mass is 9.87. The summed E-state index contributed by atoms with van der Waals surface area (Å²) in [6.45, 7) is 4.66. The molecule has 4 amide bonds. The normalized spacial score (nSPS) is 26.9. The Morgan fingerprint density at radius 3 is 2.27 bits per heavy atom. The molecule has 9 nitrogen and oxygen atoms in total. The van der Waals surface area contributed by atoms with Gasteiger partial charge in [-0.2, -0.15) is 0 Å². The Balaban J connectivity index is 0.00000442. The van der Waals surface area contributed by atoms with Gasteiger partial charge in [-0.3, -0.25) is 4.79 Å². The van der Waals surface area contributed by atoms with Crippen LogP contribution in [-0.2, 0) is 16.0 Å². The molecule has 1 N–H and O–H groups in total. The number of amides is 4. The molecule has 4 aliphatic rings. The van der Waals surface area contributed by atoms with Crippen LogP contribution >= 0.6 is 24.0 Å². The van der Waals surface area contributed by atoms with Gasteiger partial charge in [0.2, 0.25) is 5.91 Å². The zero-order valence-corrected chi connectivity index (χ0v) is 28.2. The topological polar surface area (TPSA) is 85.4 Å². The molecule has 0 spiro atoms. The molecule has 0 radical (unpaired) electrons. The van der Waals surface area contributed by atoms with Gasteiger partial charge in [0.1, 0.15) is 6.61 Å². The van der Waals surface area contributed by atoms with E-state index in [0.717, 1.165) is 50.5 Å². The van der Waals surface area contributed by atoms with Crippen molar-refractivity contribution in [3.05, 3.63) is 34.9 Å². The molecule has 1 aromatic rings. The third-order valence-corrected chi connectivity index (χ3v) is 10.4. The fourth-order valence-corrected chi connectivity index (χ4v) is 7.90. The minimum atomic E-state index is -0.346. The highest BCUT2D eigenvalue weighted by Gasteiger charge is 2.41. The van der Waals surface area contributed by atoms with Gasteiger partial charge in [0.15, 0.2) is 0 Å². The van der Waals surface area contributed by atoms with E-state index in [1.807, 2.05) is 48.2 Å². The van der Waals surface area contributed by atoms with Crippen molar-refractivity contribution in [3.63, 3.8) is 0 Å². The quantitative estimate of drug-likeness (QED) is 0.397. The predicted octanol–water partition coefficient (Wildman–Crippen LogP) is 5.58. The predicted molar refractivity (Wildman–Crippen MR) is 175 cm³/mol. The summed E-state index contributed by atoms with van der Waals surface area (Å²) in [4.78, 5) is 47.5. The van der Waals surface area contributed by atoms with Gasteiger partial charge in [-0.05, 0) is 75.0 Å². The second kappa shape index (κ2) is 15.9. The average molecular weight is 653 g/mol. The van der Waals surface area contributed by atoms with Crippen molar-refractivity contribution < 1.29 is 19.1 Å². The summed E-state index contributed by atoms with van der Waals surface area (Å²) in [5.74, 6) is 0.323. The Bertz CT molecular complexity index is 1110. The number of nitrogens with zero attached hydrogens (tertiary/aromatic N) is 4. The molecule has 4 fully saturated rings. The zero-order chi connectivity index (χ0) is 30.5. The van der Waals surface area contributed by atoms with Crippen LogP contribution in [0.25, 0.3) is 0 Å². The van der Waals surface area contributed by atoms with E-state index in [-0.39, 0.29) is 66.6 Å². The van der Waals surface area contributed by atoms with Crippen molar-refractivity contribution >= 4 is 42.0 Å². The molecule has 2 unspecified atom stereocenters. The number of nitrogens with one attached hydrogen (secondary N) is 1. The molecular formula is C33H51Cl2N5O4. The van der Waals surface area contributed by atoms with Gasteiger partial charge >= 0.3 is 12.1 Å². The molecule has 11 heteroatoms. The zero-order valence-electron chi connectivity index (χ0n) is 26.6. The number of rotatable bonds is 8. The molecule has 5 rings (SSSR count). The van der Waals surface area contributed by atoms with E-state index in [9.17, 15) is 14.4 Å². The van der Waals surface area contributed by atoms with Crippen LogP contribution in [0.4, 0.5) is 9.59 Å². The van der Waals surface area contributed by atoms with Crippen LogP contribution < -0.4 is 5.32 Å². The van der Waals surface area contributed by atoms with E-state index in [1.54, 1.807) is 4.90 Å². The highest BCUT2D eigenvalue weighted by Crippen LogP contribution is 2.32. The summed E-state index contributed by atoms with van der Waals surface area (Å²) in [5.41, 5.74) is 1.08. The van der Waals surface area contributed by atoms with Crippen molar-refractivity contribution in [1.29, 1.82) is 0 Å².